The maximum atomic E-state index is 14.7. The van der Waals surface area contributed by atoms with Crippen molar-refractivity contribution in [2.75, 3.05) is 7.11 Å². The van der Waals surface area contributed by atoms with Crippen molar-refractivity contribution in [1.82, 2.24) is 0 Å². The van der Waals surface area contributed by atoms with Crippen LogP contribution in [0.1, 0.15) is 57.5 Å². The summed E-state index contributed by atoms with van der Waals surface area (Å²) in [4.78, 5) is 47.4. The van der Waals surface area contributed by atoms with Gasteiger partial charge in [0, 0.05) is 12.5 Å². The largest absolute Gasteiger partial charge is 0.465 e. The second-order valence-corrected chi connectivity index (χ2v) is 8.53. The highest BCUT2D eigenvalue weighted by Gasteiger charge is 2.38. The Labute approximate surface area is 173 Å². The van der Waals surface area contributed by atoms with Crippen LogP contribution in [0.3, 0.4) is 0 Å². The molecule has 1 aromatic carbocycles. The van der Waals surface area contributed by atoms with E-state index in [1.807, 2.05) is 0 Å². The summed E-state index contributed by atoms with van der Waals surface area (Å²) in [5.74, 6) is -5.79. The summed E-state index contributed by atoms with van der Waals surface area (Å²) < 4.78 is 29.6. The molecule has 0 saturated carbocycles. The minimum absolute atomic E-state index is 0.378. The van der Waals surface area contributed by atoms with E-state index >= 15 is 0 Å². The maximum Gasteiger partial charge on any atom is 0.338 e. The first-order valence-electron chi connectivity index (χ1n) is 9.06. The van der Waals surface area contributed by atoms with E-state index in [-0.39, 0.29) is 5.56 Å². The Hall–Kier alpha value is -3.04. The zero-order valence-corrected chi connectivity index (χ0v) is 18.0. The van der Waals surface area contributed by atoms with E-state index < -0.39 is 63.4 Å². The molecular formula is C20H26FNO8. The molecule has 0 heterocycles. The second kappa shape index (κ2) is 9.19. The van der Waals surface area contributed by atoms with Crippen molar-refractivity contribution >= 4 is 23.6 Å². The van der Waals surface area contributed by atoms with Crippen LogP contribution in [-0.4, -0.2) is 41.1 Å². The van der Waals surface area contributed by atoms with Crippen molar-refractivity contribution in [2.45, 2.75) is 59.2 Å². The summed E-state index contributed by atoms with van der Waals surface area (Å²) in [6.07, 6.45) is -0.687. The maximum absolute atomic E-state index is 14.7. The Morgan fingerprint density at radius 1 is 1.03 bits per heavy atom. The van der Waals surface area contributed by atoms with Gasteiger partial charge in [0.1, 0.15) is 17.0 Å². The Bertz CT molecular complexity index is 824. The summed E-state index contributed by atoms with van der Waals surface area (Å²) in [6.45, 7) is 9.45. The first kappa shape index (κ1) is 25.0. The highest BCUT2D eigenvalue weighted by Crippen LogP contribution is 2.29. The summed E-state index contributed by atoms with van der Waals surface area (Å²) in [5, 5.41) is 11.5. The van der Waals surface area contributed by atoms with Crippen molar-refractivity contribution in [3.05, 3.63) is 39.2 Å². The Balaban J connectivity index is 3.47. The zero-order chi connectivity index (χ0) is 23.4. The minimum atomic E-state index is -1.65. The molecule has 0 N–H and O–H groups in total. The normalized spacial score (nSPS) is 11.8. The van der Waals surface area contributed by atoms with E-state index in [0.29, 0.717) is 0 Å². The van der Waals surface area contributed by atoms with Gasteiger partial charge >= 0.3 is 17.9 Å². The average Bonchev–Trinajstić information content (AvgIpc) is 2.55. The SMILES string of the molecule is COC(=O)c1cc(F)c(CC(C(=O)OC(C)(C)C)C(=O)OC(C)(C)C)c([N+](=O)[O-])c1. The number of halogens is 1. The lowest BCUT2D eigenvalue weighted by molar-refractivity contribution is -0.385. The van der Waals surface area contributed by atoms with Crippen molar-refractivity contribution in [2.24, 2.45) is 5.92 Å². The van der Waals surface area contributed by atoms with E-state index in [1.54, 1.807) is 41.5 Å². The van der Waals surface area contributed by atoms with E-state index in [0.717, 1.165) is 19.2 Å². The van der Waals surface area contributed by atoms with Crippen LogP contribution in [0.2, 0.25) is 0 Å². The van der Waals surface area contributed by atoms with Crippen molar-refractivity contribution in [3.8, 4) is 0 Å². The predicted octanol–water partition coefficient (Wildman–Crippen LogP) is 3.36. The summed E-state index contributed by atoms with van der Waals surface area (Å²) in [6, 6.07) is 1.57. The van der Waals surface area contributed by atoms with Crippen LogP contribution in [-0.2, 0) is 30.2 Å². The number of nitro benzene ring substituents is 1. The lowest BCUT2D eigenvalue weighted by Crippen LogP contribution is -2.38. The number of nitro groups is 1. The quantitative estimate of drug-likeness (QED) is 0.223. The summed E-state index contributed by atoms with van der Waals surface area (Å²) >= 11 is 0. The van der Waals surface area contributed by atoms with Gasteiger partial charge in [-0.2, -0.15) is 0 Å². The third-order valence-corrected chi connectivity index (χ3v) is 3.58. The molecule has 0 spiro atoms. The van der Waals surface area contributed by atoms with Gasteiger partial charge in [0.2, 0.25) is 0 Å². The van der Waals surface area contributed by atoms with Gasteiger partial charge in [0.05, 0.1) is 23.2 Å². The Morgan fingerprint density at radius 2 is 1.50 bits per heavy atom. The molecule has 0 radical (unpaired) electrons. The van der Waals surface area contributed by atoms with Crippen LogP contribution in [0.4, 0.5) is 10.1 Å². The number of ether oxygens (including phenoxy) is 3. The van der Waals surface area contributed by atoms with Gasteiger partial charge in [-0.1, -0.05) is 0 Å². The third kappa shape index (κ3) is 7.09. The molecule has 0 aromatic heterocycles. The molecular weight excluding hydrogens is 401 g/mol. The minimum Gasteiger partial charge on any atom is -0.465 e. The van der Waals surface area contributed by atoms with Crippen LogP contribution >= 0.6 is 0 Å². The lowest BCUT2D eigenvalue weighted by Gasteiger charge is -2.26. The predicted molar refractivity (Wildman–Crippen MR) is 103 cm³/mol. The van der Waals surface area contributed by atoms with E-state index in [2.05, 4.69) is 4.74 Å². The molecule has 0 bridgehead atoms. The highest BCUT2D eigenvalue weighted by atomic mass is 19.1. The molecule has 10 heteroatoms. The van der Waals surface area contributed by atoms with Crippen LogP contribution in [0.5, 0.6) is 0 Å². The van der Waals surface area contributed by atoms with Crippen LogP contribution in [0, 0.1) is 21.8 Å². The van der Waals surface area contributed by atoms with Crippen LogP contribution in [0.15, 0.2) is 12.1 Å². The van der Waals surface area contributed by atoms with Crippen LogP contribution in [0.25, 0.3) is 0 Å². The smallest absolute Gasteiger partial charge is 0.338 e. The lowest BCUT2D eigenvalue weighted by atomic mass is 9.95. The Kier molecular flexibility index (Phi) is 7.65. The molecule has 9 nitrogen and oxygen atoms in total. The first-order chi connectivity index (χ1) is 13.6. The number of hydrogen-bond acceptors (Lipinski definition) is 8. The summed E-state index contributed by atoms with van der Waals surface area (Å²) in [5.41, 5.74) is -3.61. The van der Waals surface area contributed by atoms with Crippen molar-refractivity contribution < 1.29 is 37.9 Å². The molecule has 0 aliphatic carbocycles. The first-order valence-corrected chi connectivity index (χ1v) is 9.06. The molecule has 30 heavy (non-hydrogen) atoms. The average molecular weight is 427 g/mol. The molecule has 0 saturated heterocycles. The number of nitrogens with zero attached hydrogens (tertiary/aromatic N) is 1. The van der Waals surface area contributed by atoms with Crippen LogP contribution < -0.4 is 0 Å². The van der Waals surface area contributed by atoms with Gasteiger partial charge in [0.25, 0.3) is 5.69 Å². The number of carbonyl (C=O) groups excluding carboxylic acids is 3. The highest BCUT2D eigenvalue weighted by molar-refractivity contribution is 5.96. The number of hydrogen-bond donors (Lipinski definition) is 0. The molecule has 1 aromatic rings. The van der Waals surface area contributed by atoms with E-state index in [1.165, 1.54) is 0 Å². The van der Waals surface area contributed by atoms with Gasteiger partial charge in [-0.05, 0) is 47.6 Å². The molecule has 0 aliphatic rings. The monoisotopic (exact) mass is 427 g/mol. The molecule has 0 unspecified atom stereocenters. The fourth-order valence-electron chi connectivity index (χ4n) is 2.44. The second-order valence-electron chi connectivity index (χ2n) is 8.53. The van der Waals surface area contributed by atoms with Crippen molar-refractivity contribution in [3.63, 3.8) is 0 Å². The third-order valence-electron chi connectivity index (χ3n) is 3.58. The number of carbonyl (C=O) groups is 3. The molecule has 0 amide bonds. The number of methoxy groups -OCH3 is 1. The van der Waals surface area contributed by atoms with Gasteiger partial charge < -0.3 is 14.2 Å². The molecule has 0 aliphatic heterocycles. The molecule has 0 fully saturated rings. The van der Waals surface area contributed by atoms with Gasteiger partial charge in [0.15, 0.2) is 5.92 Å². The number of esters is 3. The van der Waals surface area contributed by atoms with E-state index in [4.69, 9.17) is 9.47 Å². The zero-order valence-electron chi connectivity index (χ0n) is 18.0. The molecule has 0 atom stereocenters. The Morgan fingerprint density at radius 3 is 1.87 bits per heavy atom. The fraction of sp³-hybridized carbons (Fsp3) is 0.550. The number of benzene rings is 1. The van der Waals surface area contributed by atoms with Gasteiger partial charge in [-0.25, -0.2) is 9.18 Å². The molecule has 166 valence electrons. The standard InChI is InChI=1S/C20H26FNO8/c1-19(2,3)29-17(24)13(18(25)30-20(4,5)6)10-12-14(21)8-11(16(23)28-7)9-15(12)22(26)27/h8-9,13H,10H2,1-7H3. The van der Waals surface area contributed by atoms with Gasteiger partial charge in [-0.3, -0.25) is 19.7 Å². The topological polar surface area (TPSA) is 122 Å². The van der Waals surface area contributed by atoms with E-state index in [9.17, 15) is 28.9 Å². The molecule has 1 rings (SSSR count). The summed E-state index contributed by atoms with van der Waals surface area (Å²) in [7, 11) is 1.04. The van der Waals surface area contributed by atoms with Gasteiger partial charge in [-0.15, -0.1) is 0 Å². The van der Waals surface area contributed by atoms with Crippen molar-refractivity contribution in [1.29, 1.82) is 0 Å². The number of rotatable bonds is 6. The fourth-order valence-corrected chi connectivity index (χ4v) is 2.44.